The van der Waals surface area contributed by atoms with Crippen LogP contribution in [0.2, 0.25) is 5.02 Å². The Morgan fingerprint density at radius 3 is 2.61 bits per heavy atom. The fraction of sp³-hybridized carbons (Fsp3) is 0.364. The second-order valence-corrected chi connectivity index (χ2v) is 3.72. The van der Waals surface area contributed by atoms with Crippen molar-refractivity contribution < 1.29 is 27.4 Å². The van der Waals surface area contributed by atoms with Gasteiger partial charge in [-0.2, -0.15) is 0 Å². The van der Waals surface area contributed by atoms with Gasteiger partial charge in [-0.3, -0.25) is 4.79 Å². The summed E-state index contributed by atoms with van der Waals surface area (Å²) < 4.78 is 44.9. The lowest BCUT2D eigenvalue weighted by molar-refractivity contribution is -0.274. The van der Waals surface area contributed by atoms with E-state index in [1.807, 2.05) is 0 Å². The van der Waals surface area contributed by atoms with Crippen molar-refractivity contribution in [3.8, 4) is 5.75 Å². The highest BCUT2D eigenvalue weighted by Crippen LogP contribution is 2.29. The minimum absolute atomic E-state index is 0.0650. The molecule has 1 aromatic carbocycles. The molecule has 0 aromatic heterocycles. The van der Waals surface area contributed by atoms with Crippen molar-refractivity contribution in [1.29, 1.82) is 0 Å². The first-order valence-corrected chi connectivity index (χ1v) is 5.39. The first-order valence-electron chi connectivity index (χ1n) is 5.01. The maximum Gasteiger partial charge on any atom is 0.573 e. The summed E-state index contributed by atoms with van der Waals surface area (Å²) in [6.45, 7) is 1.76. The monoisotopic (exact) mass is 282 g/mol. The molecule has 0 fully saturated rings. The molecule has 0 atom stereocenters. The van der Waals surface area contributed by atoms with E-state index < -0.39 is 18.1 Å². The Morgan fingerprint density at radius 1 is 1.39 bits per heavy atom. The Labute approximate surface area is 106 Å². The fourth-order valence-corrected chi connectivity index (χ4v) is 1.42. The number of carbonyl (C=O) groups is 1. The van der Waals surface area contributed by atoms with Gasteiger partial charge >= 0.3 is 12.3 Å². The third kappa shape index (κ3) is 4.83. The summed E-state index contributed by atoms with van der Waals surface area (Å²) in [6, 6.07) is 3.67. The molecule has 0 radical (unpaired) electrons. The molecule has 0 N–H and O–H groups in total. The van der Waals surface area contributed by atoms with Crippen LogP contribution in [0.3, 0.4) is 0 Å². The lowest BCUT2D eigenvalue weighted by Crippen LogP contribution is -2.19. The SMILES string of the molecule is CCOC(=O)Cc1ccc(Cl)cc1OC(F)(F)F. The molecule has 0 bridgehead atoms. The molecule has 0 spiro atoms. The lowest BCUT2D eigenvalue weighted by atomic mass is 10.1. The Morgan fingerprint density at radius 2 is 2.06 bits per heavy atom. The van der Waals surface area contributed by atoms with Gasteiger partial charge in [0, 0.05) is 10.6 Å². The average Bonchev–Trinajstić information content (AvgIpc) is 2.20. The quantitative estimate of drug-likeness (QED) is 0.795. The van der Waals surface area contributed by atoms with Gasteiger partial charge in [-0.1, -0.05) is 17.7 Å². The highest BCUT2D eigenvalue weighted by molar-refractivity contribution is 6.30. The van der Waals surface area contributed by atoms with Gasteiger partial charge in [-0.25, -0.2) is 0 Å². The van der Waals surface area contributed by atoms with E-state index in [4.69, 9.17) is 11.6 Å². The van der Waals surface area contributed by atoms with Crippen LogP contribution in [0.5, 0.6) is 5.75 Å². The zero-order chi connectivity index (χ0) is 13.8. The Kier molecular flexibility index (Phi) is 4.84. The van der Waals surface area contributed by atoms with Gasteiger partial charge in [0.15, 0.2) is 0 Å². The van der Waals surface area contributed by atoms with Crippen LogP contribution in [-0.4, -0.2) is 18.9 Å². The van der Waals surface area contributed by atoms with E-state index in [0.29, 0.717) is 0 Å². The molecule has 1 rings (SSSR count). The molecule has 0 saturated carbocycles. The third-order valence-corrected chi connectivity index (χ3v) is 2.13. The predicted octanol–water partition coefficient (Wildman–Crippen LogP) is 3.34. The van der Waals surface area contributed by atoms with Crippen molar-refractivity contribution in [3.63, 3.8) is 0 Å². The van der Waals surface area contributed by atoms with E-state index in [9.17, 15) is 18.0 Å². The van der Waals surface area contributed by atoms with Crippen molar-refractivity contribution in [2.24, 2.45) is 0 Å². The lowest BCUT2D eigenvalue weighted by Gasteiger charge is -2.13. The van der Waals surface area contributed by atoms with Gasteiger partial charge in [0.2, 0.25) is 0 Å². The molecule has 100 valence electrons. The smallest absolute Gasteiger partial charge is 0.466 e. The number of esters is 1. The number of hydrogen-bond acceptors (Lipinski definition) is 3. The molecular formula is C11H10ClF3O3. The topological polar surface area (TPSA) is 35.5 Å². The van der Waals surface area contributed by atoms with Crippen molar-refractivity contribution in [1.82, 2.24) is 0 Å². The van der Waals surface area contributed by atoms with Crippen molar-refractivity contribution in [3.05, 3.63) is 28.8 Å². The second-order valence-electron chi connectivity index (χ2n) is 3.28. The predicted molar refractivity (Wildman–Crippen MR) is 58.5 cm³/mol. The van der Waals surface area contributed by atoms with Crippen molar-refractivity contribution in [2.45, 2.75) is 19.7 Å². The van der Waals surface area contributed by atoms with Crippen molar-refractivity contribution >= 4 is 17.6 Å². The van der Waals surface area contributed by atoms with Gasteiger partial charge in [0.1, 0.15) is 5.75 Å². The molecule has 0 aliphatic heterocycles. The van der Waals surface area contributed by atoms with E-state index in [1.54, 1.807) is 6.92 Å². The Bertz CT molecular complexity index is 432. The molecule has 0 saturated heterocycles. The number of ether oxygens (including phenoxy) is 2. The maximum absolute atomic E-state index is 12.2. The van der Waals surface area contributed by atoms with Crippen LogP contribution in [0.25, 0.3) is 0 Å². The van der Waals surface area contributed by atoms with Crippen LogP contribution in [0, 0.1) is 0 Å². The molecule has 3 nitrogen and oxygen atoms in total. The number of benzene rings is 1. The number of halogens is 4. The number of carbonyl (C=O) groups excluding carboxylic acids is 1. The summed E-state index contributed by atoms with van der Waals surface area (Å²) in [5.41, 5.74) is 0.0650. The maximum atomic E-state index is 12.2. The summed E-state index contributed by atoms with van der Waals surface area (Å²) in [7, 11) is 0. The summed E-state index contributed by atoms with van der Waals surface area (Å²) >= 11 is 5.58. The van der Waals surface area contributed by atoms with Crippen LogP contribution in [0.1, 0.15) is 12.5 Å². The summed E-state index contributed by atoms with van der Waals surface area (Å²) in [5, 5.41) is 0.0851. The van der Waals surface area contributed by atoms with Gasteiger partial charge < -0.3 is 9.47 Å². The molecule has 18 heavy (non-hydrogen) atoms. The summed E-state index contributed by atoms with van der Waals surface area (Å²) in [4.78, 5) is 11.2. The summed E-state index contributed by atoms with van der Waals surface area (Å²) in [6.07, 6.45) is -5.15. The highest BCUT2D eigenvalue weighted by atomic mass is 35.5. The molecule has 0 aliphatic rings. The van der Waals surface area contributed by atoms with Gasteiger partial charge in [-0.05, 0) is 19.1 Å². The minimum atomic E-state index is -4.84. The van der Waals surface area contributed by atoms with Gasteiger partial charge in [0.05, 0.1) is 13.0 Å². The van der Waals surface area contributed by atoms with Gasteiger partial charge in [-0.15, -0.1) is 13.2 Å². The second kappa shape index (κ2) is 5.95. The molecule has 7 heteroatoms. The van der Waals surface area contributed by atoms with Gasteiger partial charge in [0.25, 0.3) is 0 Å². The first kappa shape index (κ1) is 14.6. The molecule has 0 heterocycles. The van der Waals surface area contributed by atoms with Crippen LogP contribution in [-0.2, 0) is 16.0 Å². The largest absolute Gasteiger partial charge is 0.573 e. The number of alkyl halides is 3. The normalized spacial score (nSPS) is 11.2. The van der Waals surface area contributed by atoms with E-state index in [-0.39, 0.29) is 23.6 Å². The molecular weight excluding hydrogens is 273 g/mol. The van der Waals surface area contributed by atoms with Crippen molar-refractivity contribution in [2.75, 3.05) is 6.61 Å². The molecule has 1 aromatic rings. The van der Waals surface area contributed by atoms with E-state index in [0.717, 1.165) is 6.07 Å². The zero-order valence-electron chi connectivity index (χ0n) is 9.38. The summed E-state index contributed by atoms with van der Waals surface area (Å²) in [5.74, 6) is -1.13. The third-order valence-electron chi connectivity index (χ3n) is 1.90. The number of rotatable bonds is 4. The highest BCUT2D eigenvalue weighted by Gasteiger charge is 2.32. The fourth-order valence-electron chi connectivity index (χ4n) is 1.26. The standard InChI is InChI=1S/C11H10ClF3O3/c1-2-17-10(16)5-7-3-4-8(12)6-9(7)18-11(13,14)15/h3-4,6H,2,5H2,1H3. The van der Waals surface area contributed by atoms with Crippen LogP contribution in [0.15, 0.2) is 18.2 Å². The van der Waals surface area contributed by atoms with E-state index >= 15 is 0 Å². The number of hydrogen-bond donors (Lipinski definition) is 0. The molecule has 0 aliphatic carbocycles. The van der Waals surface area contributed by atoms with Crippen LogP contribution >= 0.6 is 11.6 Å². The van der Waals surface area contributed by atoms with E-state index in [2.05, 4.69) is 9.47 Å². The first-order chi connectivity index (χ1) is 8.31. The molecule has 0 unspecified atom stereocenters. The zero-order valence-corrected chi connectivity index (χ0v) is 10.1. The Hall–Kier alpha value is -1.43. The van der Waals surface area contributed by atoms with Crippen LogP contribution < -0.4 is 4.74 Å². The Balaban J connectivity index is 2.93. The van der Waals surface area contributed by atoms with E-state index in [1.165, 1.54) is 12.1 Å². The average molecular weight is 283 g/mol. The molecule has 0 amide bonds. The van der Waals surface area contributed by atoms with Crippen LogP contribution in [0.4, 0.5) is 13.2 Å². The minimum Gasteiger partial charge on any atom is -0.466 e.